The molecule has 112 valence electrons. The molecule has 0 heterocycles. The lowest BCUT2D eigenvalue weighted by molar-refractivity contribution is -0.132. The SMILES string of the molecule is CNCCC(=O)N(CCC(N)=O)Cc1ccccc1.Cl. The number of nitrogens with one attached hydrogen (secondary N) is 1. The number of nitrogens with zero attached hydrogens (tertiary/aromatic N) is 1. The van der Waals surface area contributed by atoms with Crippen molar-refractivity contribution >= 4 is 24.2 Å². The Morgan fingerprint density at radius 2 is 1.85 bits per heavy atom. The molecule has 0 saturated heterocycles. The first-order valence-corrected chi connectivity index (χ1v) is 6.38. The van der Waals surface area contributed by atoms with Gasteiger partial charge in [0.05, 0.1) is 0 Å². The summed E-state index contributed by atoms with van der Waals surface area (Å²) in [5.41, 5.74) is 6.19. The maximum atomic E-state index is 12.1. The van der Waals surface area contributed by atoms with Gasteiger partial charge in [0.1, 0.15) is 0 Å². The second-order valence-electron chi connectivity index (χ2n) is 4.37. The highest BCUT2D eigenvalue weighted by Crippen LogP contribution is 2.06. The molecule has 0 radical (unpaired) electrons. The molecule has 0 aliphatic carbocycles. The maximum absolute atomic E-state index is 12.1. The van der Waals surface area contributed by atoms with Crippen molar-refractivity contribution in [1.82, 2.24) is 10.2 Å². The number of nitrogens with two attached hydrogens (primary N) is 1. The van der Waals surface area contributed by atoms with Gasteiger partial charge in [0.25, 0.3) is 0 Å². The summed E-state index contributed by atoms with van der Waals surface area (Å²) in [6, 6.07) is 9.71. The van der Waals surface area contributed by atoms with Crippen LogP contribution in [0.2, 0.25) is 0 Å². The summed E-state index contributed by atoms with van der Waals surface area (Å²) in [6.45, 7) is 1.50. The average molecular weight is 300 g/mol. The fourth-order valence-electron chi connectivity index (χ4n) is 1.73. The Balaban J connectivity index is 0.00000361. The number of hydrogen-bond acceptors (Lipinski definition) is 3. The van der Waals surface area contributed by atoms with E-state index in [1.807, 2.05) is 30.3 Å². The van der Waals surface area contributed by atoms with Gasteiger partial charge in [-0.1, -0.05) is 30.3 Å². The van der Waals surface area contributed by atoms with Crippen molar-refractivity contribution < 1.29 is 9.59 Å². The van der Waals surface area contributed by atoms with E-state index >= 15 is 0 Å². The van der Waals surface area contributed by atoms with Gasteiger partial charge in [0.2, 0.25) is 11.8 Å². The zero-order valence-electron chi connectivity index (χ0n) is 11.7. The molecule has 0 aromatic heterocycles. The van der Waals surface area contributed by atoms with Crippen LogP contribution in [0.1, 0.15) is 18.4 Å². The molecule has 0 fully saturated rings. The molecule has 0 spiro atoms. The van der Waals surface area contributed by atoms with Crippen LogP contribution in [0.5, 0.6) is 0 Å². The molecule has 1 aromatic rings. The van der Waals surface area contributed by atoms with Crippen LogP contribution in [-0.4, -0.2) is 36.9 Å². The molecular formula is C14H22ClN3O2. The highest BCUT2D eigenvalue weighted by molar-refractivity contribution is 5.85. The third-order valence-corrected chi connectivity index (χ3v) is 2.79. The summed E-state index contributed by atoms with van der Waals surface area (Å²) in [5, 5.41) is 2.94. The van der Waals surface area contributed by atoms with E-state index < -0.39 is 0 Å². The second-order valence-corrected chi connectivity index (χ2v) is 4.37. The van der Waals surface area contributed by atoms with Crippen LogP contribution >= 0.6 is 12.4 Å². The molecule has 5 nitrogen and oxygen atoms in total. The minimum atomic E-state index is -0.389. The third kappa shape index (κ3) is 7.11. The molecule has 1 rings (SSSR count). The van der Waals surface area contributed by atoms with E-state index in [2.05, 4.69) is 5.32 Å². The lowest BCUT2D eigenvalue weighted by Gasteiger charge is -2.22. The van der Waals surface area contributed by atoms with Gasteiger partial charge < -0.3 is 16.0 Å². The fraction of sp³-hybridized carbons (Fsp3) is 0.429. The number of amides is 2. The molecule has 6 heteroatoms. The second kappa shape index (κ2) is 10.2. The largest absolute Gasteiger partial charge is 0.370 e. The zero-order chi connectivity index (χ0) is 14.1. The minimum absolute atomic E-state index is 0. The monoisotopic (exact) mass is 299 g/mol. The van der Waals surface area contributed by atoms with E-state index in [0.717, 1.165) is 5.56 Å². The predicted octanol–water partition coefficient (Wildman–Crippen LogP) is 0.922. The van der Waals surface area contributed by atoms with Gasteiger partial charge in [-0.05, 0) is 12.6 Å². The smallest absolute Gasteiger partial charge is 0.224 e. The number of benzene rings is 1. The van der Waals surface area contributed by atoms with Crippen LogP contribution in [0.15, 0.2) is 30.3 Å². The molecule has 20 heavy (non-hydrogen) atoms. The van der Waals surface area contributed by atoms with Crippen LogP contribution < -0.4 is 11.1 Å². The molecule has 0 atom stereocenters. The van der Waals surface area contributed by atoms with Crippen molar-refractivity contribution in [3.63, 3.8) is 0 Å². The van der Waals surface area contributed by atoms with Crippen LogP contribution in [-0.2, 0) is 16.1 Å². The van der Waals surface area contributed by atoms with Gasteiger partial charge in [-0.2, -0.15) is 0 Å². The Morgan fingerprint density at radius 1 is 1.20 bits per heavy atom. The molecule has 0 unspecified atom stereocenters. The Kier molecular flexibility index (Phi) is 9.41. The van der Waals surface area contributed by atoms with Gasteiger partial charge in [0, 0.05) is 32.5 Å². The Bertz CT molecular complexity index is 412. The normalized spacial score (nSPS) is 9.65. The first-order valence-electron chi connectivity index (χ1n) is 6.38. The van der Waals surface area contributed by atoms with Crippen molar-refractivity contribution in [3.05, 3.63) is 35.9 Å². The fourth-order valence-corrected chi connectivity index (χ4v) is 1.73. The Hall–Kier alpha value is -1.59. The van der Waals surface area contributed by atoms with E-state index in [1.54, 1.807) is 11.9 Å². The Morgan fingerprint density at radius 3 is 2.40 bits per heavy atom. The summed E-state index contributed by atoms with van der Waals surface area (Å²) >= 11 is 0. The molecule has 0 bridgehead atoms. The van der Waals surface area contributed by atoms with Gasteiger partial charge in [0.15, 0.2) is 0 Å². The van der Waals surface area contributed by atoms with Crippen LogP contribution in [0.3, 0.4) is 0 Å². The van der Waals surface area contributed by atoms with E-state index in [1.165, 1.54) is 0 Å². The van der Waals surface area contributed by atoms with E-state index in [0.29, 0.717) is 26.1 Å². The van der Waals surface area contributed by atoms with Crippen LogP contribution in [0, 0.1) is 0 Å². The van der Waals surface area contributed by atoms with E-state index in [4.69, 9.17) is 5.73 Å². The maximum Gasteiger partial charge on any atom is 0.224 e. The molecule has 0 saturated carbocycles. The number of rotatable bonds is 8. The summed E-state index contributed by atoms with van der Waals surface area (Å²) < 4.78 is 0. The molecule has 0 aliphatic heterocycles. The quantitative estimate of drug-likeness (QED) is 0.749. The van der Waals surface area contributed by atoms with E-state index in [-0.39, 0.29) is 30.6 Å². The molecule has 0 aliphatic rings. The molecule has 1 aromatic carbocycles. The van der Waals surface area contributed by atoms with Crippen LogP contribution in [0.25, 0.3) is 0 Å². The highest BCUT2D eigenvalue weighted by Gasteiger charge is 2.14. The summed E-state index contributed by atoms with van der Waals surface area (Å²) in [7, 11) is 1.80. The first kappa shape index (κ1) is 18.4. The van der Waals surface area contributed by atoms with Gasteiger partial charge >= 0.3 is 0 Å². The standard InChI is InChI=1S/C14H21N3O2.ClH/c1-16-9-7-14(19)17(10-8-13(15)18)11-12-5-3-2-4-6-12;/h2-6,16H,7-11H2,1H3,(H2,15,18);1H. The molecule has 2 amide bonds. The number of carbonyl (C=O) groups excluding carboxylic acids is 2. The predicted molar refractivity (Wildman–Crippen MR) is 81.5 cm³/mol. The summed E-state index contributed by atoms with van der Waals surface area (Å²) in [6.07, 6.45) is 0.611. The average Bonchev–Trinajstić information content (AvgIpc) is 2.41. The lowest BCUT2D eigenvalue weighted by atomic mass is 10.2. The minimum Gasteiger partial charge on any atom is -0.370 e. The lowest BCUT2D eigenvalue weighted by Crippen LogP contribution is -2.35. The van der Waals surface area contributed by atoms with Crippen molar-refractivity contribution in [2.75, 3.05) is 20.1 Å². The van der Waals surface area contributed by atoms with Gasteiger partial charge in [-0.25, -0.2) is 0 Å². The van der Waals surface area contributed by atoms with Crippen molar-refractivity contribution in [2.45, 2.75) is 19.4 Å². The highest BCUT2D eigenvalue weighted by atomic mass is 35.5. The zero-order valence-corrected chi connectivity index (χ0v) is 12.5. The number of hydrogen-bond donors (Lipinski definition) is 2. The third-order valence-electron chi connectivity index (χ3n) is 2.79. The van der Waals surface area contributed by atoms with Gasteiger partial charge in [-0.3, -0.25) is 9.59 Å². The van der Waals surface area contributed by atoms with Gasteiger partial charge in [-0.15, -0.1) is 12.4 Å². The first-order chi connectivity index (χ1) is 9.13. The summed E-state index contributed by atoms with van der Waals surface area (Å²) in [4.78, 5) is 24.6. The van der Waals surface area contributed by atoms with Crippen LogP contribution in [0.4, 0.5) is 0 Å². The number of primary amides is 1. The Labute approximate surface area is 125 Å². The molecular weight excluding hydrogens is 278 g/mol. The van der Waals surface area contributed by atoms with Crippen molar-refractivity contribution in [1.29, 1.82) is 0 Å². The number of carbonyl (C=O) groups is 2. The topological polar surface area (TPSA) is 75.4 Å². The number of halogens is 1. The summed E-state index contributed by atoms with van der Waals surface area (Å²) in [5.74, 6) is -0.362. The van der Waals surface area contributed by atoms with Crippen molar-refractivity contribution in [3.8, 4) is 0 Å². The van der Waals surface area contributed by atoms with E-state index in [9.17, 15) is 9.59 Å². The molecule has 3 N–H and O–H groups in total. The van der Waals surface area contributed by atoms with Crippen molar-refractivity contribution in [2.24, 2.45) is 5.73 Å².